The molecule has 0 aliphatic carbocycles. The van der Waals surface area contributed by atoms with Crippen LogP contribution in [0.4, 0.5) is 0 Å². The Labute approximate surface area is 211 Å². The molecule has 0 amide bonds. The van der Waals surface area contributed by atoms with E-state index in [4.69, 9.17) is 14.2 Å². The molecule has 190 valence electrons. The van der Waals surface area contributed by atoms with Gasteiger partial charge >= 0.3 is 5.97 Å². The van der Waals surface area contributed by atoms with E-state index in [-0.39, 0.29) is 42.7 Å². The normalized spacial score (nSPS) is 37.2. The lowest BCUT2D eigenvalue weighted by Crippen LogP contribution is -2.37. The van der Waals surface area contributed by atoms with Crippen molar-refractivity contribution in [3.63, 3.8) is 0 Å². The summed E-state index contributed by atoms with van der Waals surface area (Å²) in [4.78, 5) is 13.1. The van der Waals surface area contributed by atoms with E-state index in [0.717, 1.165) is 44.1 Å². The van der Waals surface area contributed by atoms with E-state index in [9.17, 15) is 4.79 Å². The number of allylic oxidation sites excluding steroid dienone is 2. The van der Waals surface area contributed by atoms with E-state index in [2.05, 4.69) is 51.1 Å². The standard InChI is InChI=1S/C31H42O4/c1-4-24-18-28-20-27-12-8-11-26(33-27)17-22(2)13-14-23(3)30(16-15-25-9-6-5-7-10-25)35-31(32)21-29(19-24)34-28/h4-7,9-10,13-16,22-23,26-30H,8,11-12,17-21H2,1-3H3/b14-13+,16-15+,24-4-/t22-,23-,26+,27?,28+,29?,30?/m0/s1. The summed E-state index contributed by atoms with van der Waals surface area (Å²) in [5.41, 5.74) is 2.47. The Morgan fingerprint density at radius 3 is 2.34 bits per heavy atom. The van der Waals surface area contributed by atoms with E-state index < -0.39 is 0 Å². The lowest BCUT2D eigenvalue weighted by molar-refractivity contribution is -0.154. The Hall–Kier alpha value is -2.17. The molecule has 1 aromatic rings. The van der Waals surface area contributed by atoms with E-state index in [1.165, 1.54) is 12.0 Å². The van der Waals surface area contributed by atoms with Crippen LogP contribution < -0.4 is 0 Å². The smallest absolute Gasteiger partial charge is 0.309 e. The molecule has 7 atom stereocenters. The van der Waals surface area contributed by atoms with Gasteiger partial charge in [-0.05, 0) is 63.0 Å². The van der Waals surface area contributed by atoms with Gasteiger partial charge in [-0.1, -0.05) is 74.1 Å². The SMILES string of the molecule is C/C=C1\CC2CC(=O)OC(/C=C/c3ccccc3)[C@@H](C)/C=C/[C@H](C)C[C@H]3CCCC(C[C@@H](C1)O2)O3. The fourth-order valence-corrected chi connectivity index (χ4v) is 5.60. The first-order valence-corrected chi connectivity index (χ1v) is 13.5. The molecule has 2 fully saturated rings. The van der Waals surface area contributed by atoms with Gasteiger partial charge in [-0.25, -0.2) is 0 Å². The van der Waals surface area contributed by atoms with Gasteiger partial charge in [0.15, 0.2) is 0 Å². The minimum atomic E-state index is -0.324. The van der Waals surface area contributed by atoms with E-state index in [0.29, 0.717) is 12.0 Å². The molecular weight excluding hydrogens is 436 g/mol. The van der Waals surface area contributed by atoms with Crippen LogP contribution in [0.1, 0.15) is 77.7 Å². The van der Waals surface area contributed by atoms with Crippen LogP contribution in [0.15, 0.2) is 60.2 Å². The Bertz CT molecular complexity index is 902. The van der Waals surface area contributed by atoms with Gasteiger partial charge in [0.2, 0.25) is 0 Å². The molecule has 4 heteroatoms. The molecule has 0 saturated carbocycles. The van der Waals surface area contributed by atoms with Gasteiger partial charge in [0.1, 0.15) is 6.10 Å². The second kappa shape index (κ2) is 12.7. The van der Waals surface area contributed by atoms with Crippen molar-refractivity contribution in [3.8, 4) is 0 Å². The summed E-state index contributed by atoms with van der Waals surface area (Å²) in [6.45, 7) is 6.47. The number of fused-ring (bicyclic) bond motifs is 4. The maximum atomic E-state index is 13.1. The Kier molecular flexibility index (Phi) is 9.39. The summed E-state index contributed by atoms with van der Waals surface area (Å²) >= 11 is 0. The molecule has 4 rings (SSSR count). The Morgan fingerprint density at radius 1 is 0.857 bits per heavy atom. The number of carbonyl (C=O) groups excluding carboxylic acids is 1. The van der Waals surface area contributed by atoms with Crippen LogP contribution in [0.3, 0.4) is 0 Å². The van der Waals surface area contributed by atoms with Gasteiger partial charge in [-0.15, -0.1) is 0 Å². The highest BCUT2D eigenvalue weighted by molar-refractivity contribution is 5.70. The zero-order valence-electron chi connectivity index (χ0n) is 21.6. The lowest BCUT2D eigenvalue weighted by Gasteiger charge is -2.37. The highest BCUT2D eigenvalue weighted by Gasteiger charge is 2.32. The monoisotopic (exact) mass is 478 g/mol. The average Bonchev–Trinajstić information content (AvgIpc) is 2.85. The van der Waals surface area contributed by atoms with Gasteiger partial charge in [-0.3, -0.25) is 4.79 Å². The summed E-state index contributed by atoms with van der Waals surface area (Å²) in [6, 6.07) is 10.2. The van der Waals surface area contributed by atoms with Crippen molar-refractivity contribution < 1.29 is 19.0 Å². The number of hydrogen-bond donors (Lipinski definition) is 0. The highest BCUT2D eigenvalue weighted by atomic mass is 16.5. The van der Waals surface area contributed by atoms with Crippen LogP contribution in [-0.2, 0) is 19.0 Å². The Morgan fingerprint density at radius 2 is 1.57 bits per heavy atom. The second-order valence-corrected chi connectivity index (χ2v) is 10.7. The number of ether oxygens (including phenoxy) is 3. The summed E-state index contributed by atoms with van der Waals surface area (Å²) < 4.78 is 19.0. The van der Waals surface area contributed by atoms with Crippen molar-refractivity contribution in [1.82, 2.24) is 0 Å². The van der Waals surface area contributed by atoms with Gasteiger partial charge in [-0.2, -0.15) is 0 Å². The molecule has 2 saturated heterocycles. The third-order valence-corrected chi connectivity index (χ3v) is 7.57. The topological polar surface area (TPSA) is 44.8 Å². The van der Waals surface area contributed by atoms with Crippen LogP contribution >= 0.6 is 0 Å². The second-order valence-electron chi connectivity index (χ2n) is 10.7. The van der Waals surface area contributed by atoms with Crippen molar-refractivity contribution in [2.24, 2.45) is 11.8 Å². The lowest BCUT2D eigenvalue weighted by atomic mass is 9.90. The number of esters is 1. The molecule has 3 aliphatic rings. The van der Waals surface area contributed by atoms with Gasteiger partial charge in [0, 0.05) is 12.3 Å². The quantitative estimate of drug-likeness (QED) is 0.337. The molecule has 3 heterocycles. The van der Waals surface area contributed by atoms with E-state index >= 15 is 0 Å². The summed E-state index contributed by atoms with van der Waals surface area (Å²) in [6.07, 6.45) is 18.3. The largest absolute Gasteiger partial charge is 0.457 e. The summed E-state index contributed by atoms with van der Waals surface area (Å²) in [5.74, 6) is 0.289. The molecule has 0 radical (unpaired) electrons. The van der Waals surface area contributed by atoms with Crippen molar-refractivity contribution in [1.29, 1.82) is 0 Å². The molecule has 0 aromatic heterocycles. The van der Waals surface area contributed by atoms with Crippen LogP contribution in [0.5, 0.6) is 0 Å². The van der Waals surface area contributed by atoms with Crippen LogP contribution in [0, 0.1) is 11.8 Å². The molecule has 3 unspecified atom stereocenters. The fourth-order valence-electron chi connectivity index (χ4n) is 5.60. The van der Waals surface area contributed by atoms with Crippen LogP contribution in [-0.4, -0.2) is 36.5 Å². The fraction of sp³-hybridized carbons (Fsp3) is 0.581. The highest BCUT2D eigenvalue weighted by Crippen LogP contribution is 2.33. The summed E-state index contributed by atoms with van der Waals surface area (Å²) in [7, 11) is 0. The maximum absolute atomic E-state index is 13.1. The molecule has 0 N–H and O–H groups in total. The minimum absolute atomic E-state index is 0.0698. The molecule has 1 aromatic carbocycles. The van der Waals surface area contributed by atoms with Gasteiger partial charge in [0.25, 0.3) is 0 Å². The van der Waals surface area contributed by atoms with E-state index in [1.54, 1.807) is 0 Å². The molecule has 4 nitrogen and oxygen atoms in total. The molecule has 0 spiro atoms. The third-order valence-electron chi connectivity index (χ3n) is 7.57. The first-order chi connectivity index (χ1) is 17.0. The zero-order chi connectivity index (χ0) is 24.6. The van der Waals surface area contributed by atoms with Crippen LogP contribution in [0.25, 0.3) is 6.08 Å². The van der Waals surface area contributed by atoms with Crippen molar-refractivity contribution in [3.05, 3.63) is 65.8 Å². The predicted molar refractivity (Wildman–Crippen MR) is 141 cm³/mol. The first-order valence-electron chi connectivity index (χ1n) is 13.5. The van der Waals surface area contributed by atoms with Gasteiger partial charge < -0.3 is 14.2 Å². The Balaban J connectivity index is 1.55. The number of benzene rings is 1. The van der Waals surface area contributed by atoms with Crippen LogP contribution in [0.2, 0.25) is 0 Å². The minimum Gasteiger partial charge on any atom is -0.457 e. The van der Waals surface area contributed by atoms with Gasteiger partial charge in [0.05, 0.1) is 30.8 Å². The number of hydrogen-bond acceptors (Lipinski definition) is 4. The van der Waals surface area contributed by atoms with Crippen molar-refractivity contribution in [2.75, 3.05) is 0 Å². The maximum Gasteiger partial charge on any atom is 0.309 e. The van der Waals surface area contributed by atoms with Crippen molar-refractivity contribution in [2.45, 2.75) is 103 Å². The number of rotatable bonds is 2. The van der Waals surface area contributed by atoms with Crippen molar-refractivity contribution >= 4 is 12.0 Å². The third kappa shape index (κ3) is 7.91. The number of carbonyl (C=O) groups is 1. The zero-order valence-corrected chi connectivity index (χ0v) is 21.6. The predicted octanol–water partition coefficient (Wildman–Crippen LogP) is 7.06. The number of cyclic esters (lactones) is 1. The first kappa shape index (κ1) is 25.9. The molecular formula is C31H42O4. The molecule has 3 aliphatic heterocycles. The summed E-state index contributed by atoms with van der Waals surface area (Å²) in [5, 5.41) is 0. The molecule has 4 bridgehead atoms. The average molecular weight is 479 g/mol. The van der Waals surface area contributed by atoms with E-state index in [1.807, 2.05) is 30.4 Å². The molecule has 35 heavy (non-hydrogen) atoms.